The molecule has 0 heterocycles. The van der Waals surface area contributed by atoms with E-state index < -0.39 is 6.00 Å². The zero-order valence-corrected chi connectivity index (χ0v) is 16.4. The van der Waals surface area contributed by atoms with Gasteiger partial charge < -0.3 is 4.74 Å². The van der Waals surface area contributed by atoms with Gasteiger partial charge in [0.15, 0.2) is 0 Å². The molecule has 0 saturated heterocycles. The fourth-order valence-electron chi connectivity index (χ4n) is 2.23. The second-order valence-electron chi connectivity index (χ2n) is 5.59. The van der Waals surface area contributed by atoms with Crippen molar-refractivity contribution in [1.82, 2.24) is 0 Å². The number of hydrogen-bond acceptors (Lipinski definition) is 2. The van der Waals surface area contributed by atoms with E-state index in [2.05, 4.69) is 0 Å². The summed E-state index contributed by atoms with van der Waals surface area (Å²) in [5.41, 5.74) is 0. The molecule has 0 aromatic carbocycles. The molecule has 0 amide bonds. The van der Waals surface area contributed by atoms with Crippen LogP contribution in [-0.2, 0) is 9.53 Å². The lowest BCUT2D eigenvalue weighted by Gasteiger charge is -2.07. The molecule has 0 rings (SSSR count). The summed E-state index contributed by atoms with van der Waals surface area (Å²) in [5, 5.41) is 0. The first-order valence-corrected chi connectivity index (χ1v) is 13.4. The molecular weight excluding hydrogens is 347 g/mol. The predicted octanol–water partition coefficient (Wildman–Crippen LogP) is 6.50. The third-order valence-corrected chi connectivity index (χ3v) is 6.03. The topological polar surface area (TPSA) is 26.3 Å². The van der Waals surface area contributed by atoms with Gasteiger partial charge in [-0.15, -0.1) is 33.2 Å². The summed E-state index contributed by atoms with van der Waals surface area (Å²) in [6.07, 6.45) is 13.5. The molecule has 21 heavy (non-hydrogen) atoms. The average Bonchev–Trinajstić information content (AvgIpc) is 2.37. The molecule has 126 valence electrons. The Labute approximate surface area is 145 Å². The van der Waals surface area contributed by atoms with Crippen LogP contribution in [0.3, 0.4) is 0 Å². The van der Waals surface area contributed by atoms with E-state index >= 15 is 0 Å². The van der Waals surface area contributed by atoms with Gasteiger partial charge in [-0.2, -0.15) is 0 Å². The maximum atomic E-state index is 10.6. The molecule has 0 aliphatic rings. The van der Waals surface area contributed by atoms with Gasteiger partial charge >= 0.3 is 12.0 Å². The highest BCUT2D eigenvalue weighted by atomic mass is 35.8. The minimum atomic E-state index is -2.37. The second kappa shape index (κ2) is 14.2. The Morgan fingerprint density at radius 3 is 1.52 bits per heavy atom. The first-order chi connectivity index (χ1) is 9.92. The van der Waals surface area contributed by atoms with Gasteiger partial charge in [-0.3, -0.25) is 4.79 Å². The molecule has 6 heteroatoms. The largest absolute Gasteiger partial charge is 0.466 e. The molecular formula is C15H29Cl3O2Si. The van der Waals surface area contributed by atoms with Crippen LogP contribution >= 0.6 is 33.2 Å². The van der Waals surface area contributed by atoms with Gasteiger partial charge in [0.25, 0.3) is 0 Å². The Morgan fingerprint density at radius 2 is 1.14 bits per heavy atom. The quantitative estimate of drug-likeness (QED) is 0.150. The molecule has 0 aromatic rings. The van der Waals surface area contributed by atoms with E-state index in [1.165, 1.54) is 58.3 Å². The standard InChI is InChI=1S/C15H29Cl3O2Si/c1-15(19)20-13-11-9-7-5-3-2-4-6-8-10-12-14-21(16,17)18/h2-14H2,1H3. The smallest absolute Gasteiger partial charge is 0.341 e. The summed E-state index contributed by atoms with van der Waals surface area (Å²) in [7, 11) is 0. The van der Waals surface area contributed by atoms with Crippen LogP contribution in [0, 0.1) is 0 Å². The molecule has 0 atom stereocenters. The van der Waals surface area contributed by atoms with E-state index in [9.17, 15) is 4.79 Å². The maximum absolute atomic E-state index is 10.6. The number of halogens is 3. The van der Waals surface area contributed by atoms with Gasteiger partial charge in [0.2, 0.25) is 0 Å². The lowest BCUT2D eigenvalue weighted by atomic mass is 10.1. The van der Waals surface area contributed by atoms with E-state index in [-0.39, 0.29) is 5.97 Å². The van der Waals surface area contributed by atoms with Crippen LogP contribution < -0.4 is 0 Å². The van der Waals surface area contributed by atoms with Gasteiger partial charge in [0.1, 0.15) is 0 Å². The van der Waals surface area contributed by atoms with Gasteiger partial charge in [-0.05, 0) is 12.5 Å². The highest BCUT2D eigenvalue weighted by Gasteiger charge is 2.23. The summed E-state index contributed by atoms with van der Waals surface area (Å²) in [5.74, 6) is -0.175. The molecule has 0 N–H and O–H groups in total. The molecule has 0 bridgehead atoms. The molecule has 0 aliphatic heterocycles. The SMILES string of the molecule is CC(=O)OCCCCCCCCCCCCC[Si](Cl)(Cl)Cl. The fourth-order valence-corrected chi connectivity index (χ4v) is 4.09. The third-order valence-electron chi connectivity index (χ3n) is 3.41. The molecule has 0 saturated carbocycles. The lowest BCUT2D eigenvalue weighted by Crippen LogP contribution is -2.07. The fraction of sp³-hybridized carbons (Fsp3) is 0.933. The maximum Gasteiger partial charge on any atom is 0.341 e. The zero-order valence-electron chi connectivity index (χ0n) is 13.1. The van der Waals surface area contributed by atoms with Crippen LogP contribution in [0.2, 0.25) is 6.04 Å². The van der Waals surface area contributed by atoms with Crippen molar-refractivity contribution in [3.05, 3.63) is 0 Å². The Bertz CT molecular complexity index is 258. The summed E-state index contributed by atoms with van der Waals surface area (Å²) in [6.45, 7) is 2.03. The number of ether oxygens (including phenoxy) is 1. The zero-order chi connectivity index (χ0) is 16.0. The van der Waals surface area contributed by atoms with Crippen LogP contribution in [0.25, 0.3) is 0 Å². The predicted molar refractivity (Wildman–Crippen MR) is 95.5 cm³/mol. The number of unbranched alkanes of at least 4 members (excludes halogenated alkanes) is 10. The van der Waals surface area contributed by atoms with Crippen LogP contribution in [0.4, 0.5) is 0 Å². The van der Waals surface area contributed by atoms with E-state index in [0.717, 1.165) is 25.3 Å². The highest BCUT2D eigenvalue weighted by Crippen LogP contribution is 2.27. The van der Waals surface area contributed by atoms with Gasteiger partial charge in [-0.1, -0.05) is 64.2 Å². The van der Waals surface area contributed by atoms with E-state index in [4.69, 9.17) is 38.0 Å². The molecule has 0 aromatic heterocycles. The summed E-state index contributed by atoms with van der Waals surface area (Å²) in [4.78, 5) is 10.6. The van der Waals surface area contributed by atoms with Crippen molar-refractivity contribution in [2.24, 2.45) is 0 Å². The van der Waals surface area contributed by atoms with E-state index in [0.29, 0.717) is 6.61 Å². The second-order valence-corrected chi connectivity index (χ2v) is 14.9. The monoisotopic (exact) mass is 374 g/mol. The number of rotatable bonds is 14. The number of carbonyl (C=O) groups excluding carboxylic acids is 1. The molecule has 0 unspecified atom stereocenters. The Hall–Kier alpha value is 0.557. The molecule has 0 spiro atoms. The first kappa shape index (κ1) is 21.6. The third kappa shape index (κ3) is 20.6. The lowest BCUT2D eigenvalue weighted by molar-refractivity contribution is -0.141. The van der Waals surface area contributed by atoms with Gasteiger partial charge in [-0.25, -0.2) is 0 Å². The van der Waals surface area contributed by atoms with Crippen molar-refractivity contribution >= 4 is 45.2 Å². The minimum absolute atomic E-state index is 0.175. The first-order valence-electron chi connectivity index (χ1n) is 8.12. The normalized spacial score (nSPS) is 11.6. The van der Waals surface area contributed by atoms with Crippen LogP contribution in [0.5, 0.6) is 0 Å². The van der Waals surface area contributed by atoms with E-state index in [1.54, 1.807) is 0 Å². The van der Waals surface area contributed by atoms with Crippen molar-refractivity contribution in [3.63, 3.8) is 0 Å². The molecule has 0 aliphatic carbocycles. The van der Waals surface area contributed by atoms with Crippen LogP contribution in [0.15, 0.2) is 0 Å². The molecule has 0 fully saturated rings. The highest BCUT2D eigenvalue weighted by molar-refractivity contribution is 7.64. The van der Waals surface area contributed by atoms with Gasteiger partial charge in [0.05, 0.1) is 6.61 Å². The number of hydrogen-bond donors (Lipinski definition) is 0. The van der Waals surface area contributed by atoms with Gasteiger partial charge in [0, 0.05) is 6.92 Å². The van der Waals surface area contributed by atoms with Crippen molar-refractivity contribution in [2.45, 2.75) is 83.6 Å². The van der Waals surface area contributed by atoms with Crippen molar-refractivity contribution < 1.29 is 9.53 Å². The van der Waals surface area contributed by atoms with Crippen molar-refractivity contribution in [1.29, 1.82) is 0 Å². The Morgan fingerprint density at radius 1 is 0.762 bits per heavy atom. The number of carbonyl (C=O) groups is 1. The molecule has 2 nitrogen and oxygen atoms in total. The van der Waals surface area contributed by atoms with Crippen LogP contribution in [0.1, 0.15) is 77.6 Å². The Balaban J connectivity index is 3.04. The average molecular weight is 376 g/mol. The number of esters is 1. The van der Waals surface area contributed by atoms with Crippen LogP contribution in [-0.4, -0.2) is 18.6 Å². The summed E-state index contributed by atoms with van der Waals surface area (Å²) < 4.78 is 4.89. The summed E-state index contributed by atoms with van der Waals surface area (Å²) >= 11 is 17.5. The minimum Gasteiger partial charge on any atom is -0.466 e. The van der Waals surface area contributed by atoms with E-state index in [1.807, 2.05) is 0 Å². The summed E-state index contributed by atoms with van der Waals surface area (Å²) in [6, 6.07) is -1.58. The Kier molecular flexibility index (Phi) is 14.5. The van der Waals surface area contributed by atoms with Crippen molar-refractivity contribution in [3.8, 4) is 0 Å². The van der Waals surface area contributed by atoms with Crippen molar-refractivity contribution in [2.75, 3.05) is 6.61 Å². The molecule has 0 radical (unpaired) electrons.